The second-order valence-corrected chi connectivity index (χ2v) is 25.2. The number of thiophene rings is 2. The van der Waals surface area contributed by atoms with Crippen molar-refractivity contribution in [3.05, 3.63) is 128 Å². The first-order valence-corrected chi connectivity index (χ1v) is 29.7. The summed E-state index contributed by atoms with van der Waals surface area (Å²) in [4.78, 5) is 67.5. The highest BCUT2D eigenvalue weighted by Gasteiger charge is 2.28. The normalized spacial score (nSPS) is 15.6. The minimum Gasteiger partial charge on any atom is -0.444 e. The number of rotatable bonds is 14. The molecule has 2 saturated heterocycles. The fourth-order valence-corrected chi connectivity index (χ4v) is 11.9. The number of nitrogens with one attached hydrogen (secondary N) is 4. The van der Waals surface area contributed by atoms with Gasteiger partial charge in [-0.2, -0.15) is 10.2 Å². The van der Waals surface area contributed by atoms with Crippen molar-refractivity contribution in [1.29, 1.82) is 0 Å². The van der Waals surface area contributed by atoms with E-state index in [1.165, 1.54) is 32.4 Å². The molecule has 2 fully saturated rings. The summed E-state index contributed by atoms with van der Waals surface area (Å²) in [6.45, 7) is 15.1. The Morgan fingerprint density at radius 2 is 1.18 bits per heavy atom. The van der Waals surface area contributed by atoms with Crippen LogP contribution in [-0.2, 0) is 22.6 Å². The van der Waals surface area contributed by atoms with Crippen molar-refractivity contribution in [3.63, 3.8) is 0 Å². The highest BCUT2D eigenvalue weighted by Crippen LogP contribution is 2.35. The number of carbonyl (C=O) groups excluding carboxylic acids is 4. The van der Waals surface area contributed by atoms with Gasteiger partial charge in [0.15, 0.2) is 0 Å². The molecule has 24 heteroatoms. The maximum Gasteiger partial charge on any atom is 0.412 e. The number of alkyl carbamates (subject to hydrolysis) is 1. The Kier molecular flexibility index (Phi) is 18.0. The number of carbonyl (C=O) groups is 4. The van der Waals surface area contributed by atoms with Crippen LogP contribution in [0.1, 0.15) is 98.0 Å². The van der Waals surface area contributed by atoms with E-state index in [0.717, 1.165) is 72.8 Å². The predicted octanol–water partition coefficient (Wildman–Crippen LogP) is 11.1. The van der Waals surface area contributed by atoms with Crippen LogP contribution in [0.4, 0.5) is 43.7 Å². The molecule has 2 atom stereocenters. The first-order chi connectivity index (χ1) is 38.3. The standard InChI is InChI=1S/C33H41N7O5S2.C23H25N7OS2/c1-32(2,3)44-30(42)35-22-11-12-27(39-13-7-9-23(18-39)36-31(43)45-33(4,5)6)25(15-22)37-28(41)26-20-47-29(38-26)21-16-34-40(17-21)19-24-10-8-14-46-24;24-16-5-6-21(29-7-1-3-17(25)12-29)19(9-16)27-22(31)20-14-33-23(28-20)15-10-26-30(11-15)13-18-4-2-8-32-18/h8,10-12,14-17,20,23H,7,9,13,18-19H2,1-6H3,(H,35,42)(H,36,43)(H,37,41);2,4-6,8-11,14,17H,1,3,7,12-13,24-25H2,(H,27,31)/t23-;17-/m11/s1. The van der Waals surface area contributed by atoms with Crippen molar-refractivity contribution < 1.29 is 28.7 Å². The fraction of sp³-hybridized carbons (Fsp3) is 0.357. The fourth-order valence-electron chi connectivity index (χ4n) is 9.00. The third-order valence-electron chi connectivity index (χ3n) is 12.5. The number of ether oxygens (including phenoxy) is 2. The number of thiazole rings is 2. The smallest absolute Gasteiger partial charge is 0.412 e. The zero-order valence-electron chi connectivity index (χ0n) is 45.4. The lowest BCUT2D eigenvalue weighted by Crippen LogP contribution is -2.49. The second kappa shape index (κ2) is 25.2. The molecule has 8 aromatic rings. The van der Waals surface area contributed by atoms with Gasteiger partial charge in [-0.3, -0.25) is 24.3 Å². The van der Waals surface area contributed by atoms with Crippen molar-refractivity contribution in [1.82, 2.24) is 34.8 Å². The Morgan fingerprint density at radius 1 is 0.650 bits per heavy atom. The van der Waals surface area contributed by atoms with Gasteiger partial charge in [-0.25, -0.2) is 19.6 Å². The molecule has 10 rings (SSSR count). The van der Waals surface area contributed by atoms with Gasteiger partial charge in [0.1, 0.15) is 32.6 Å². The van der Waals surface area contributed by atoms with E-state index in [-0.39, 0.29) is 23.7 Å². The zero-order valence-corrected chi connectivity index (χ0v) is 48.7. The van der Waals surface area contributed by atoms with Crippen LogP contribution in [0.5, 0.6) is 0 Å². The van der Waals surface area contributed by atoms with Gasteiger partial charge in [0.05, 0.1) is 48.2 Å². The van der Waals surface area contributed by atoms with E-state index < -0.39 is 29.3 Å². The third-order valence-corrected chi connectivity index (χ3v) is 16.0. The van der Waals surface area contributed by atoms with Crippen LogP contribution in [0, 0.1) is 0 Å². The molecule has 420 valence electrons. The number of nitrogens with two attached hydrogens (primary N) is 2. The van der Waals surface area contributed by atoms with Crippen LogP contribution < -0.4 is 42.5 Å². The number of nitrogens with zero attached hydrogens (tertiary/aromatic N) is 8. The molecule has 6 aromatic heterocycles. The highest BCUT2D eigenvalue weighted by molar-refractivity contribution is 7.13. The van der Waals surface area contributed by atoms with Crippen molar-refractivity contribution >= 4 is 103 Å². The minimum atomic E-state index is -0.673. The van der Waals surface area contributed by atoms with Crippen LogP contribution >= 0.6 is 45.3 Å². The molecule has 4 amide bonds. The van der Waals surface area contributed by atoms with E-state index in [0.29, 0.717) is 53.1 Å². The number of benzene rings is 2. The lowest BCUT2D eigenvalue weighted by atomic mass is 10.0. The number of amides is 4. The van der Waals surface area contributed by atoms with Gasteiger partial charge in [0, 0.05) is 93.7 Å². The molecule has 2 aromatic carbocycles. The Labute approximate surface area is 480 Å². The van der Waals surface area contributed by atoms with Gasteiger partial charge in [-0.05, 0) is 127 Å². The molecule has 0 aliphatic carbocycles. The third kappa shape index (κ3) is 15.8. The molecule has 0 saturated carbocycles. The molecule has 0 bridgehead atoms. The van der Waals surface area contributed by atoms with Gasteiger partial charge < -0.3 is 46.7 Å². The molecule has 0 unspecified atom stereocenters. The first kappa shape index (κ1) is 57.1. The van der Waals surface area contributed by atoms with Gasteiger partial charge in [0.25, 0.3) is 11.8 Å². The lowest BCUT2D eigenvalue weighted by Gasteiger charge is -2.36. The number of hydrogen-bond acceptors (Lipinski definition) is 18. The summed E-state index contributed by atoms with van der Waals surface area (Å²) in [7, 11) is 0. The molecule has 80 heavy (non-hydrogen) atoms. The molecule has 8 heterocycles. The van der Waals surface area contributed by atoms with Gasteiger partial charge in [-0.1, -0.05) is 12.1 Å². The van der Waals surface area contributed by atoms with E-state index >= 15 is 0 Å². The van der Waals surface area contributed by atoms with E-state index in [1.807, 2.05) is 78.2 Å². The summed E-state index contributed by atoms with van der Waals surface area (Å²) in [5.74, 6) is -0.661. The quantitative estimate of drug-likeness (QED) is 0.0554. The summed E-state index contributed by atoms with van der Waals surface area (Å²) < 4.78 is 14.6. The Morgan fingerprint density at radius 3 is 1.71 bits per heavy atom. The molecule has 2 aliphatic rings. The maximum absolute atomic E-state index is 13.6. The first-order valence-electron chi connectivity index (χ1n) is 26.2. The molecular formula is C56H66N14O6S4. The summed E-state index contributed by atoms with van der Waals surface area (Å²) in [6, 6.07) is 19.0. The second-order valence-electron chi connectivity index (χ2n) is 21.4. The molecule has 20 nitrogen and oxygen atoms in total. The van der Waals surface area contributed by atoms with Crippen molar-refractivity contribution in [2.45, 2.75) is 104 Å². The maximum atomic E-state index is 13.6. The largest absolute Gasteiger partial charge is 0.444 e. The number of nitrogen functional groups attached to an aromatic ring is 1. The van der Waals surface area contributed by atoms with E-state index in [9.17, 15) is 19.2 Å². The topological polar surface area (TPSA) is 255 Å². The summed E-state index contributed by atoms with van der Waals surface area (Å²) in [5.41, 5.74) is 17.1. The molecular weight excluding hydrogens is 1090 g/mol. The molecule has 2 aliphatic heterocycles. The Bertz CT molecular complexity index is 3390. The Balaban J connectivity index is 0.000000205. The predicted molar refractivity (Wildman–Crippen MR) is 321 cm³/mol. The SMILES string of the molecule is CC(C)(C)OC(=O)Nc1ccc(N2CCC[C@@H](NC(=O)OC(C)(C)C)C2)c(NC(=O)c2csc(-c3cnn(Cc4cccs4)c3)n2)c1.Nc1ccc(N2CCC[C@@H](N)C2)c(NC(=O)c2csc(-c3cnn(Cc4cccs4)c3)n2)c1. The van der Waals surface area contributed by atoms with E-state index in [4.69, 9.17) is 20.9 Å². The van der Waals surface area contributed by atoms with Crippen LogP contribution in [0.2, 0.25) is 0 Å². The number of piperidine rings is 2. The van der Waals surface area contributed by atoms with Gasteiger partial charge in [0.2, 0.25) is 0 Å². The van der Waals surface area contributed by atoms with E-state index in [2.05, 4.69) is 68.7 Å². The van der Waals surface area contributed by atoms with Gasteiger partial charge >= 0.3 is 12.2 Å². The summed E-state index contributed by atoms with van der Waals surface area (Å²) in [6.07, 6.45) is 9.98. The Hall–Kier alpha value is -7.64. The lowest BCUT2D eigenvalue weighted by molar-refractivity contribution is 0.0498. The number of anilines is 6. The summed E-state index contributed by atoms with van der Waals surface area (Å²) in [5, 5.41) is 29.6. The van der Waals surface area contributed by atoms with Crippen molar-refractivity contribution in [2.75, 3.05) is 57.7 Å². The number of hydrogen-bond donors (Lipinski definition) is 6. The van der Waals surface area contributed by atoms with Crippen LogP contribution in [-0.4, -0.2) is 103 Å². The molecule has 0 radical (unpaired) electrons. The van der Waals surface area contributed by atoms with Crippen molar-refractivity contribution in [2.24, 2.45) is 5.73 Å². The van der Waals surface area contributed by atoms with Crippen LogP contribution in [0.15, 0.2) is 107 Å². The van der Waals surface area contributed by atoms with E-state index in [1.54, 1.807) is 84.8 Å². The highest BCUT2D eigenvalue weighted by atomic mass is 32.1. The number of aromatic nitrogens is 6. The van der Waals surface area contributed by atoms with Crippen molar-refractivity contribution in [3.8, 4) is 21.1 Å². The molecule has 8 N–H and O–H groups in total. The summed E-state index contributed by atoms with van der Waals surface area (Å²) >= 11 is 6.15. The average Bonchev–Trinajstić information content (AvgIpc) is 4.27. The van der Waals surface area contributed by atoms with Crippen LogP contribution in [0.25, 0.3) is 21.1 Å². The van der Waals surface area contributed by atoms with Crippen LogP contribution in [0.3, 0.4) is 0 Å². The minimum absolute atomic E-state index is 0.127. The average molecular weight is 1160 g/mol. The van der Waals surface area contributed by atoms with Gasteiger partial charge in [-0.15, -0.1) is 45.3 Å². The zero-order chi connectivity index (χ0) is 56.6. The monoisotopic (exact) mass is 1160 g/mol. The molecule has 0 spiro atoms.